The molecule has 0 spiro atoms. The number of aryl methyl sites for hydroxylation is 1. The van der Waals surface area contributed by atoms with Crippen LogP contribution in [0.1, 0.15) is 11.1 Å². The van der Waals surface area contributed by atoms with Crippen molar-refractivity contribution in [3.05, 3.63) is 65.7 Å². The molecule has 5 heteroatoms. The molecule has 100 valence electrons. The average molecular weight is 277 g/mol. The number of benzene rings is 2. The van der Waals surface area contributed by atoms with Gasteiger partial charge in [-0.2, -0.15) is 8.42 Å². The molecule has 0 aliphatic rings. The van der Waals surface area contributed by atoms with Crippen molar-refractivity contribution in [2.24, 2.45) is 0 Å². The predicted molar refractivity (Wildman–Crippen MR) is 75.4 cm³/mol. The first-order valence-electron chi connectivity index (χ1n) is 5.83. The Bertz CT molecular complexity index is 653. The van der Waals surface area contributed by atoms with Crippen LogP contribution in [-0.4, -0.2) is 13.0 Å². The van der Waals surface area contributed by atoms with Gasteiger partial charge in [0, 0.05) is 0 Å². The second kappa shape index (κ2) is 5.42. The number of hydrogen-bond acceptors (Lipinski definition) is 2. The summed E-state index contributed by atoms with van der Waals surface area (Å²) in [6, 6.07) is 16.0. The highest BCUT2D eigenvalue weighted by Gasteiger charge is 2.20. The first-order valence-corrected chi connectivity index (χ1v) is 7.23. The summed E-state index contributed by atoms with van der Waals surface area (Å²) in [5.41, 5.74) is 2.27. The molecule has 1 N–H and O–H groups in total. The van der Waals surface area contributed by atoms with Crippen LogP contribution in [0.4, 0.5) is 5.69 Å². The molecular formula is C14H15NO3S. The highest BCUT2D eigenvalue weighted by Crippen LogP contribution is 2.21. The lowest BCUT2D eigenvalue weighted by Gasteiger charge is -2.21. The van der Waals surface area contributed by atoms with Gasteiger partial charge in [0.25, 0.3) is 0 Å². The van der Waals surface area contributed by atoms with Crippen LogP contribution in [0.2, 0.25) is 0 Å². The van der Waals surface area contributed by atoms with Gasteiger partial charge < -0.3 is 0 Å². The molecule has 0 aliphatic heterocycles. The minimum Gasteiger partial charge on any atom is -0.269 e. The Morgan fingerprint density at radius 1 is 1.00 bits per heavy atom. The largest absolute Gasteiger partial charge is 0.360 e. The summed E-state index contributed by atoms with van der Waals surface area (Å²) in [6.45, 7) is 2.01. The van der Waals surface area contributed by atoms with E-state index in [1.807, 2.05) is 31.2 Å². The third-order valence-electron chi connectivity index (χ3n) is 2.90. The molecule has 0 saturated carbocycles. The molecule has 0 bridgehead atoms. The van der Waals surface area contributed by atoms with Crippen LogP contribution in [0, 0.1) is 6.92 Å². The van der Waals surface area contributed by atoms with E-state index >= 15 is 0 Å². The smallest absolute Gasteiger partial charge is 0.269 e. The minimum absolute atomic E-state index is 0.107. The van der Waals surface area contributed by atoms with Crippen molar-refractivity contribution < 1.29 is 13.0 Å². The van der Waals surface area contributed by atoms with E-state index in [9.17, 15) is 13.0 Å². The molecule has 2 aromatic rings. The van der Waals surface area contributed by atoms with Gasteiger partial charge in [-0.1, -0.05) is 42.5 Å². The number of nitrogens with zero attached hydrogens (tertiary/aromatic N) is 1. The zero-order valence-corrected chi connectivity index (χ0v) is 11.3. The second-order valence-corrected chi connectivity index (χ2v) is 5.58. The molecule has 19 heavy (non-hydrogen) atoms. The van der Waals surface area contributed by atoms with E-state index < -0.39 is 10.3 Å². The van der Waals surface area contributed by atoms with E-state index in [-0.39, 0.29) is 6.54 Å². The van der Waals surface area contributed by atoms with Gasteiger partial charge in [0.05, 0.1) is 12.2 Å². The highest BCUT2D eigenvalue weighted by molar-refractivity contribution is 7.87. The van der Waals surface area contributed by atoms with E-state index in [1.165, 1.54) is 0 Å². The maximum Gasteiger partial charge on any atom is 0.360 e. The zero-order valence-electron chi connectivity index (χ0n) is 10.5. The van der Waals surface area contributed by atoms with Crippen LogP contribution in [0.15, 0.2) is 54.6 Å². The van der Waals surface area contributed by atoms with Crippen molar-refractivity contribution in [2.75, 3.05) is 4.31 Å². The SMILES string of the molecule is Cc1ccccc1CN(c1ccccc1)S(=O)(=O)O. The van der Waals surface area contributed by atoms with E-state index in [2.05, 4.69) is 0 Å². The molecule has 0 aromatic heterocycles. The summed E-state index contributed by atoms with van der Waals surface area (Å²) in [7, 11) is -4.30. The van der Waals surface area contributed by atoms with Gasteiger partial charge >= 0.3 is 10.3 Å². The molecule has 4 nitrogen and oxygen atoms in total. The van der Waals surface area contributed by atoms with Crippen LogP contribution < -0.4 is 4.31 Å². The Balaban J connectivity index is 2.39. The zero-order chi connectivity index (χ0) is 13.9. The molecule has 0 saturated heterocycles. The lowest BCUT2D eigenvalue weighted by atomic mass is 10.1. The summed E-state index contributed by atoms with van der Waals surface area (Å²) in [4.78, 5) is 0. The fourth-order valence-electron chi connectivity index (χ4n) is 1.84. The molecule has 0 unspecified atom stereocenters. The maximum absolute atomic E-state index is 11.5. The standard InChI is InChI=1S/C14H15NO3S/c1-12-7-5-6-8-13(12)11-15(19(16,17)18)14-9-3-2-4-10-14/h2-10H,11H2,1H3,(H,16,17,18). The highest BCUT2D eigenvalue weighted by atomic mass is 32.2. The van der Waals surface area contributed by atoms with Crippen LogP contribution in [0.5, 0.6) is 0 Å². The van der Waals surface area contributed by atoms with Crippen molar-refractivity contribution in [1.29, 1.82) is 0 Å². The molecule has 2 rings (SSSR count). The van der Waals surface area contributed by atoms with E-state index in [0.717, 1.165) is 15.4 Å². The summed E-state index contributed by atoms with van der Waals surface area (Å²) in [5, 5.41) is 0. The molecule has 2 aromatic carbocycles. The van der Waals surface area contributed by atoms with Gasteiger partial charge in [-0.15, -0.1) is 0 Å². The van der Waals surface area contributed by atoms with Gasteiger partial charge in [-0.25, -0.2) is 4.31 Å². The molecule has 0 amide bonds. The van der Waals surface area contributed by atoms with Gasteiger partial charge in [-0.3, -0.25) is 4.55 Å². The fourth-order valence-corrected chi connectivity index (χ4v) is 2.53. The van der Waals surface area contributed by atoms with Crippen LogP contribution in [0.3, 0.4) is 0 Å². The Morgan fingerprint density at radius 3 is 2.16 bits per heavy atom. The van der Waals surface area contributed by atoms with E-state index in [1.54, 1.807) is 30.3 Å². The third-order valence-corrected chi connectivity index (χ3v) is 3.79. The second-order valence-electron chi connectivity index (χ2n) is 4.25. The normalized spacial score (nSPS) is 11.3. The lowest BCUT2D eigenvalue weighted by Crippen LogP contribution is -2.29. The van der Waals surface area contributed by atoms with Crippen LogP contribution >= 0.6 is 0 Å². The van der Waals surface area contributed by atoms with E-state index in [4.69, 9.17) is 0 Å². The van der Waals surface area contributed by atoms with Crippen molar-refractivity contribution in [2.45, 2.75) is 13.5 Å². The number of rotatable bonds is 4. The Morgan fingerprint density at radius 2 is 1.58 bits per heavy atom. The number of anilines is 1. The fraction of sp³-hybridized carbons (Fsp3) is 0.143. The van der Waals surface area contributed by atoms with Gasteiger partial charge in [-0.05, 0) is 30.2 Å². The quantitative estimate of drug-likeness (QED) is 0.874. The van der Waals surface area contributed by atoms with Crippen molar-refractivity contribution in [3.8, 4) is 0 Å². The average Bonchev–Trinajstić information content (AvgIpc) is 2.37. The predicted octanol–water partition coefficient (Wildman–Crippen LogP) is 2.80. The number of para-hydroxylation sites is 1. The molecule has 0 radical (unpaired) electrons. The van der Waals surface area contributed by atoms with Crippen molar-refractivity contribution in [1.82, 2.24) is 0 Å². The van der Waals surface area contributed by atoms with Gasteiger partial charge in [0.15, 0.2) is 0 Å². The lowest BCUT2D eigenvalue weighted by molar-refractivity contribution is 0.477. The third kappa shape index (κ3) is 3.33. The van der Waals surface area contributed by atoms with Crippen LogP contribution in [-0.2, 0) is 16.8 Å². The van der Waals surface area contributed by atoms with Gasteiger partial charge in [0.1, 0.15) is 0 Å². The summed E-state index contributed by atoms with van der Waals surface area (Å²) in [6.07, 6.45) is 0. The Kier molecular flexibility index (Phi) is 3.87. The monoisotopic (exact) mass is 277 g/mol. The molecule has 0 aliphatic carbocycles. The maximum atomic E-state index is 11.5. The first-order chi connectivity index (χ1) is 8.98. The summed E-state index contributed by atoms with van der Waals surface area (Å²) in [5.74, 6) is 0. The Labute approximate surface area is 113 Å². The Hall–Kier alpha value is -1.85. The topological polar surface area (TPSA) is 57.6 Å². The minimum atomic E-state index is -4.30. The van der Waals surface area contributed by atoms with Crippen LogP contribution in [0.25, 0.3) is 0 Å². The molecule has 0 atom stereocenters. The summed E-state index contributed by atoms with van der Waals surface area (Å²) < 4.78 is 33.4. The van der Waals surface area contributed by atoms with E-state index in [0.29, 0.717) is 5.69 Å². The summed E-state index contributed by atoms with van der Waals surface area (Å²) >= 11 is 0. The first kappa shape index (κ1) is 13.6. The van der Waals surface area contributed by atoms with Gasteiger partial charge in [0.2, 0.25) is 0 Å². The molecule has 0 heterocycles. The van der Waals surface area contributed by atoms with Crippen molar-refractivity contribution >= 4 is 16.0 Å². The number of hydrogen-bond donors (Lipinski definition) is 1. The molecule has 0 fully saturated rings. The molecular weight excluding hydrogens is 262 g/mol. The van der Waals surface area contributed by atoms with Crippen molar-refractivity contribution in [3.63, 3.8) is 0 Å².